The highest BCUT2D eigenvalue weighted by molar-refractivity contribution is 7.92. The van der Waals surface area contributed by atoms with Crippen molar-refractivity contribution in [1.82, 2.24) is 0 Å². The van der Waals surface area contributed by atoms with Crippen LogP contribution >= 0.6 is 0 Å². The molecule has 2 aromatic rings. The summed E-state index contributed by atoms with van der Waals surface area (Å²) in [6, 6.07) is 9.67. The summed E-state index contributed by atoms with van der Waals surface area (Å²) in [6.07, 6.45) is 0. The Morgan fingerprint density at radius 3 is 2.08 bits per heavy atom. The van der Waals surface area contributed by atoms with Crippen molar-refractivity contribution in [3.05, 3.63) is 48.0 Å². The molecular formula is C15H18N2O5S2. The van der Waals surface area contributed by atoms with Gasteiger partial charge in [-0.25, -0.2) is 22.0 Å². The van der Waals surface area contributed by atoms with Crippen molar-refractivity contribution in [3.8, 4) is 5.75 Å². The Hall–Kier alpha value is -2.10. The molecule has 0 aliphatic carbocycles. The Balaban J connectivity index is 2.27. The van der Waals surface area contributed by atoms with E-state index in [1.165, 1.54) is 36.4 Å². The van der Waals surface area contributed by atoms with Gasteiger partial charge in [-0.2, -0.15) is 0 Å². The van der Waals surface area contributed by atoms with E-state index in [2.05, 4.69) is 4.72 Å². The first-order valence-corrected chi connectivity index (χ1v) is 10.1. The van der Waals surface area contributed by atoms with Gasteiger partial charge in [-0.1, -0.05) is 0 Å². The molecule has 0 aliphatic heterocycles. The van der Waals surface area contributed by atoms with Crippen LogP contribution in [0.15, 0.2) is 52.3 Å². The monoisotopic (exact) mass is 370 g/mol. The Kier molecular flexibility index (Phi) is 5.16. The van der Waals surface area contributed by atoms with Gasteiger partial charge in [0.15, 0.2) is 0 Å². The van der Waals surface area contributed by atoms with Crippen molar-refractivity contribution in [2.45, 2.75) is 23.6 Å². The second-order valence-electron chi connectivity index (χ2n) is 5.04. The van der Waals surface area contributed by atoms with Gasteiger partial charge in [0.1, 0.15) is 5.75 Å². The van der Waals surface area contributed by atoms with Crippen molar-refractivity contribution in [1.29, 1.82) is 0 Å². The highest BCUT2D eigenvalue weighted by Gasteiger charge is 2.16. The number of anilines is 1. The van der Waals surface area contributed by atoms with Crippen LogP contribution in [0.4, 0.5) is 5.69 Å². The van der Waals surface area contributed by atoms with Crippen LogP contribution in [0.1, 0.15) is 12.5 Å². The van der Waals surface area contributed by atoms with Crippen LogP contribution in [0.2, 0.25) is 0 Å². The third-order valence-electron chi connectivity index (χ3n) is 3.19. The molecular weight excluding hydrogens is 352 g/mol. The van der Waals surface area contributed by atoms with Crippen molar-refractivity contribution in [2.24, 2.45) is 5.14 Å². The van der Waals surface area contributed by atoms with E-state index in [0.717, 1.165) is 0 Å². The Morgan fingerprint density at radius 1 is 1.00 bits per heavy atom. The van der Waals surface area contributed by atoms with Crippen molar-refractivity contribution in [3.63, 3.8) is 0 Å². The summed E-state index contributed by atoms with van der Waals surface area (Å²) >= 11 is 0. The Bertz CT molecular complexity index is 936. The van der Waals surface area contributed by atoms with Crippen LogP contribution in [-0.2, 0) is 20.0 Å². The van der Waals surface area contributed by atoms with Crippen LogP contribution < -0.4 is 14.6 Å². The second kappa shape index (κ2) is 6.80. The molecule has 0 spiro atoms. The van der Waals surface area contributed by atoms with E-state index in [1.807, 2.05) is 6.92 Å². The molecule has 3 N–H and O–H groups in total. The SMILES string of the molecule is CCOc1ccc(S(=O)(=O)Nc2ccc(S(N)(=O)=O)cc2)cc1C. The number of aryl methyl sites for hydroxylation is 1. The molecule has 0 bridgehead atoms. The molecule has 24 heavy (non-hydrogen) atoms. The van der Waals surface area contributed by atoms with Gasteiger partial charge in [0.25, 0.3) is 10.0 Å². The number of benzene rings is 2. The zero-order valence-electron chi connectivity index (χ0n) is 13.2. The predicted octanol–water partition coefficient (Wildman–Crippen LogP) is 1.84. The van der Waals surface area contributed by atoms with Gasteiger partial charge in [0.05, 0.1) is 16.4 Å². The zero-order valence-corrected chi connectivity index (χ0v) is 14.8. The van der Waals surface area contributed by atoms with Gasteiger partial charge in [-0.15, -0.1) is 0 Å². The van der Waals surface area contributed by atoms with Gasteiger partial charge < -0.3 is 4.74 Å². The summed E-state index contributed by atoms with van der Waals surface area (Å²) in [4.78, 5) is -0.0127. The van der Waals surface area contributed by atoms with E-state index >= 15 is 0 Å². The van der Waals surface area contributed by atoms with Crippen LogP contribution in [0.5, 0.6) is 5.75 Å². The third-order valence-corrected chi connectivity index (χ3v) is 5.50. The van der Waals surface area contributed by atoms with E-state index < -0.39 is 20.0 Å². The largest absolute Gasteiger partial charge is 0.494 e. The zero-order chi connectivity index (χ0) is 18.0. The molecule has 0 amide bonds. The molecule has 0 aliphatic rings. The van der Waals surface area contributed by atoms with Crippen molar-refractivity contribution in [2.75, 3.05) is 11.3 Å². The lowest BCUT2D eigenvalue weighted by Crippen LogP contribution is -2.14. The van der Waals surface area contributed by atoms with E-state index in [-0.39, 0.29) is 15.5 Å². The molecule has 0 aromatic heterocycles. The maximum absolute atomic E-state index is 12.4. The van der Waals surface area contributed by atoms with Crippen molar-refractivity contribution < 1.29 is 21.6 Å². The summed E-state index contributed by atoms with van der Waals surface area (Å²) in [5.74, 6) is 0.619. The van der Waals surface area contributed by atoms with E-state index in [0.29, 0.717) is 17.9 Å². The Labute approximate surface area is 141 Å². The third kappa shape index (κ3) is 4.25. The number of hydrogen-bond acceptors (Lipinski definition) is 5. The first-order chi connectivity index (χ1) is 11.1. The minimum absolute atomic E-state index is 0.0824. The average Bonchev–Trinajstić information content (AvgIpc) is 2.48. The fourth-order valence-electron chi connectivity index (χ4n) is 2.03. The molecule has 0 fully saturated rings. The summed E-state index contributed by atoms with van der Waals surface area (Å²) in [7, 11) is -7.62. The molecule has 0 atom stereocenters. The maximum atomic E-state index is 12.4. The minimum atomic E-state index is -3.82. The second-order valence-corrected chi connectivity index (χ2v) is 8.28. The van der Waals surface area contributed by atoms with Gasteiger partial charge >= 0.3 is 0 Å². The van der Waals surface area contributed by atoms with Crippen LogP contribution in [-0.4, -0.2) is 23.4 Å². The Morgan fingerprint density at radius 2 is 1.58 bits per heavy atom. The number of nitrogens with one attached hydrogen (secondary N) is 1. The first kappa shape index (κ1) is 18.2. The number of primary sulfonamides is 1. The summed E-state index contributed by atoms with van der Waals surface area (Å²) in [5, 5.41) is 5.00. The lowest BCUT2D eigenvalue weighted by atomic mass is 10.2. The van der Waals surface area contributed by atoms with Crippen LogP contribution in [0, 0.1) is 6.92 Å². The fraction of sp³-hybridized carbons (Fsp3) is 0.200. The van der Waals surface area contributed by atoms with E-state index in [1.54, 1.807) is 13.0 Å². The van der Waals surface area contributed by atoms with Gasteiger partial charge in [0.2, 0.25) is 10.0 Å². The number of rotatable bonds is 6. The molecule has 0 saturated heterocycles. The lowest BCUT2D eigenvalue weighted by molar-refractivity contribution is 0.337. The topological polar surface area (TPSA) is 116 Å². The van der Waals surface area contributed by atoms with E-state index in [4.69, 9.17) is 9.88 Å². The summed E-state index contributed by atoms with van der Waals surface area (Å²) in [5.41, 5.74) is 0.929. The number of ether oxygens (including phenoxy) is 1. The predicted molar refractivity (Wildman–Crippen MR) is 91.0 cm³/mol. The first-order valence-electron chi connectivity index (χ1n) is 7.02. The maximum Gasteiger partial charge on any atom is 0.261 e. The molecule has 0 saturated carbocycles. The van der Waals surface area contributed by atoms with Gasteiger partial charge in [-0.3, -0.25) is 4.72 Å². The molecule has 9 heteroatoms. The smallest absolute Gasteiger partial charge is 0.261 e. The highest BCUT2D eigenvalue weighted by Crippen LogP contribution is 2.24. The van der Waals surface area contributed by atoms with Gasteiger partial charge in [0, 0.05) is 5.69 Å². The molecule has 130 valence electrons. The summed E-state index contributed by atoms with van der Waals surface area (Å²) in [6.45, 7) is 4.09. The minimum Gasteiger partial charge on any atom is -0.494 e. The van der Waals surface area contributed by atoms with E-state index in [9.17, 15) is 16.8 Å². The standard InChI is InChI=1S/C15H18N2O5S2/c1-3-22-15-9-8-14(10-11(15)2)24(20,21)17-12-4-6-13(7-5-12)23(16,18)19/h4-10,17H,3H2,1-2H3,(H2,16,18,19). The molecule has 2 rings (SSSR count). The van der Waals surface area contributed by atoms with Crippen molar-refractivity contribution >= 4 is 25.7 Å². The number of hydrogen-bond donors (Lipinski definition) is 2. The molecule has 0 heterocycles. The molecule has 2 aromatic carbocycles. The quantitative estimate of drug-likeness (QED) is 0.805. The molecule has 0 radical (unpaired) electrons. The van der Waals surface area contributed by atoms with Gasteiger partial charge in [-0.05, 0) is 61.9 Å². The van der Waals surface area contributed by atoms with Crippen LogP contribution in [0.3, 0.4) is 0 Å². The average molecular weight is 370 g/mol. The number of nitrogens with two attached hydrogens (primary N) is 1. The molecule has 7 nitrogen and oxygen atoms in total. The number of sulfonamides is 2. The highest BCUT2D eigenvalue weighted by atomic mass is 32.2. The van der Waals surface area contributed by atoms with Crippen LogP contribution in [0.25, 0.3) is 0 Å². The normalized spacial score (nSPS) is 12.0. The summed E-state index contributed by atoms with van der Waals surface area (Å²) < 4.78 is 55.0. The lowest BCUT2D eigenvalue weighted by Gasteiger charge is -2.11. The fourth-order valence-corrected chi connectivity index (χ4v) is 3.69. The molecule has 0 unspecified atom stereocenters.